The van der Waals surface area contributed by atoms with Gasteiger partial charge >= 0.3 is 5.97 Å². The lowest BCUT2D eigenvalue weighted by atomic mass is 10.1. The van der Waals surface area contributed by atoms with Crippen LogP contribution in [0.3, 0.4) is 0 Å². The van der Waals surface area contributed by atoms with E-state index in [1.165, 1.54) is 19.2 Å². The molecular formula is C15H21NO5. The van der Waals surface area contributed by atoms with Crippen LogP contribution in [0.25, 0.3) is 0 Å². The fraction of sp³-hybridized carbons (Fsp3) is 0.467. The third-order valence-corrected chi connectivity index (χ3v) is 2.93. The van der Waals surface area contributed by atoms with Crippen molar-refractivity contribution in [2.24, 2.45) is 0 Å². The van der Waals surface area contributed by atoms with E-state index in [0.717, 1.165) is 5.56 Å². The predicted molar refractivity (Wildman–Crippen MR) is 77.8 cm³/mol. The van der Waals surface area contributed by atoms with E-state index in [9.17, 15) is 9.59 Å². The van der Waals surface area contributed by atoms with Crippen LogP contribution >= 0.6 is 0 Å². The van der Waals surface area contributed by atoms with Crippen molar-refractivity contribution in [3.8, 4) is 5.75 Å². The molecule has 0 spiro atoms. The summed E-state index contributed by atoms with van der Waals surface area (Å²) >= 11 is 0. The second-order valence-electron chi connectivity index (χ2n) is 4.38. The molecule has 0 atom stereocenters. The zero-order chi connectivity index (χ0) is 15.7. The Kier molecular flexibility index (Phi) is 7.25. The Morgan fingerprint density at radius 1 is 1.33 bits per heavy atom. The van der Waals surface area contributed by atoms with Gasteiger partial charge in [-0.25, -0.2) is 4.79 Å². The number of carboxylic acids is 1. The van der Waals surface area contributed by atoms with Gasteiger partial charge in [-0.3, -0.25) is 4.79 Å². The first kappa shape index (κ1) is 17.0. The molecule has 0 aromatic heterocycles. The Hall–Kier alpha value is -2.08. The van der Waals surface area contributed by atoms with E-state index >= 15 is 0 Å². The smallest absolute Gasteiger partial charge is 0.335 e. The standard InChI is InChI=1S/C15H21NO5/c1-3-21-9-7-14(17)16-8-6-11-4-5-12(15(18)19)10-13(11)20-2/h4-5,10H,3,6-9H2,1-2H3,(H,16,17)(H,18,19). The maximum Gasteiger partial charge on any atom is 0.335 e. The molecule has 0 radical (unpaired) electrons. The summed E-state index contributed by atoms with van der Waals surface area (Å²) in [4.78, 5) is 22.4. The molecule has 0 aliphatic carbocycles. The topological polar surface area (TPSA) is 84.9 Å². The van der Waals surface area contributed by atoms with Crippen LogP contribution in [0.2, 0.25) is 0 Å². The van der Waals surface area contributed by atoms with Gasteiger partial charge < -0.3 is 19.9 Å². The van der Waals surface area contributed by atoms with Gasteiger partial charge in [0.05, 0.1) is 19.3 Å². The Bertz CT molecular complexity index is 487. The first-order valence-electron chi connectivity index (χ1n) is 6.83. The average molecular weight is 295 g/mol. The molecule has 1 aromatic rings. The monoisotopic (exact) mass is 295 g/mol. The average Bonchev–Trinajstić information content (AvgIpc) is 2.47. The second-order valence-corrected chi connectivity index (χ2v) is 4.38. The summed E-state index contributed by atoms with van der Waals surface area (Å²) < 4.78 is 10.3. The quantitative estimate of drug-likeness (QED) is 0.674. The Morgan fingerprint density at radius 2 is 2.10 bits per heavy atom. The van der Waals surface area contributed by atoms with Crippen molar-refractivity contribution in [3.05, 3.63) is 29.3 Å². The van der Waals surface area contributed by atoms with Gasteiger partial charge in [0.15, 0.2) is 0 Å². The van der Waals surface area contributed by atoms with Crippen LogP contribution in [-0.4, -0.2) is 43.9 Å². The number of benzene rings is 1. The molecule has 0 heterocycles. The van der Waals surface area contributed by atoms with Gasteiger partial charge in [-0.2, -0.15) is 0 Å². The molecule has 6 nitrogen and oxygen atoms in total. The Balaban J connectivity index is 2.48. The predicted octanol–water partition coefficient (Wildman–Crippen LogP) is 1.48. The van der Waals surface area contributed by atoms with Crippen LogP contribution in [0.5, 0.6) is 5.75 Å². The van der Waals surface area contributed by atoms with E-state index in [1.54, 1.807) is 6.07 Å². The minimum atomic E-state index is -0.996. The van der Waals surface area contributed by atoms with E-state index in [-0.39, 0.29) is 11.5 Å². The number of carbonyl (C=O) groups is 2. The fourth-order valence-corrected chi connectivity index (χ4v) is 1.82. The summed E-state index contributed by atoms with van der Waals surface area (Å²) in [6, 6.07) is 4.71. The summed E-state index contributed by atoms with van der Waals surface area (Å²) in [5, 5.41) is 11.7. The van der Waals surface area contributed by atoms with E-state index in [4.69, 9.17) is 14.6 Å². The highest BCUT2D eigenvalue weighted by Crippen LogP contribution is 2.20. The second kappa shape index (κ2) is 8.97. The van der Waals surface area contributed by atoms with E-state index in [1.807, 2.05) is 6.92 Å². The maximum absolute atomic E-state index is 11.5. The van der Waals surface area contributed by atoms with Crippen LogP contribution in [0.1, 0.15) is 29.3 Å². The number of rotatable bonds is 9. The number of carbonyl (C=O) groups excluding carboxylic acids is 1. The molecule has 21 heavy (non-hydrogen) atoms. The lowest BCUT2D eigenvalue weighted by Crippen LogP contribution is -2.26. The van der Waals surface area contributed by atoms with Crippen LogP contribution in [-0.2, 0) is 16.0 Å². The van der Waals surface area contributed by atoms with Crippen molar-refractivity contribution in [1.29, 1.82) is 0 Å². The molecule has 1 amide bonds. The molecule has 0 aliphatic rings. The largest absolute Gasteiger partial charge is 0.496 e. The summed E-state index contributed by atoms with van der Waals surface area (Å²) in [6.07, 6.45) is 0.909. The molecule has 0 saturated carbocycles. The first-order valence-corrected chi connectivity index (χ1v) is 6.83. The van der Waals surface area contributed by atoms with E-state index in [0.29, 0.717) is 38.3 Å². The molecule has 1 rings (SSSR count). The first-order chi connectivity index (χ1) is 10.1. The lowest BCUT2D eigenvalue weighted by molar-refractivity contribution is -0.122. The lowest BCUT2D eigenvalue weighted by Gasteiger charge is -2.10. The summed E-state index contributed by atoms with van der Waals surface area (Å²) in [5.74, 6) is -0.549. The van der Waals surface area contributed by atoms with Crippen LogP contribution in [0.4, 0.5) is 0 Å². The highest BCUT2D eigenvalue weighted by atomic mass is 16.5. The molecular weight excluding hydrogens is 274 g/mol. The number of nitrogens with one attached hydrogen (secondary N) is 1. The number of carboxylic acid groups (broad SMARTS) is 1. The van der Waals surface area contributed by atoms with Gasteiger partial charge in [0.1, 0.15) is 5.75 Å². The molecule has 0 fully saturated rings. The highest BCUT2D eigenvalue weighted by Gasteiger charge is 2.09. The fourth-order valence-electron chi connectivity index (χ4n) is 1.82. The summed E-state index contributed by atoms with van der Waals surface area (Å²) in [6.45, 7) is 3.36. The van der Waals surface area contributed by atoms with Crippen molar-refractivity contribution >= 4 is 11.9 Å². The molecule has 0 aliphatic heterocycles. The van der Waals surface area contributed by atoms with Gasteiger partial charge in [-0.05, 0) is 31.0 Å². The zero-order valence-electron chi connectivity index (χ0n) is 12.3. The van der Waals surface area contributed by atoms with Crippen molar-refractivity contribution in [2.45, 2.75) is 19.8 Å². The Morgan fingerprint density at radius 3 is 2.71 bits per heavy atom. The van der Waals surface area contributed by atoms with E-state index in [2.05, 4.69) is 5.32 Å². The number of aromatic carboxylic acids is 1. The normalized spacial score (nSPS) is 10.2. The summed E-state index contributed by atoms with van der Waals surface area (Å²) in [5.41, 5.74) is 1.03. The van der Waals surface area contributed by atoms with E-state index < -0.39 is 5.97 Å². The number of methoxy groups -OCH3 is 1. The van der Waals surface area contributed by atoms with Crippen LogP contribution in [0, 0.1) is 0 Å². The molecule has 0 unspecified atom stereocenters. The summed E-state index contributed by atoms with van der Waals surface area (Å²) in [7, 11) is 1.49. The van der Waals surface area contributed by atoms with Gasteiger partial charge in [0, 0.05) is 19.6 Å². The number of amides is 1. The molecule has 116 valence electrons. The third-order valence-electron chi connectivity index (χ3n) is 2.93. The van der Waals surface area contributed by atoms with Gasteiger partial charge in [-0.1, -0.05) is 6.07 Å². The molecule has 1 aromatic carbocycles. The number of hydrogen-bond acceptors (Lipinski definition) is 4. The van der Waals surface area contributed by atoms with Crippen LogP contribution in [0.15, 0.2) is 18.2 Å². The minimum Gasteiger partial charge on any atom is -0.496 e. The SMILES string of the molecule is CCOCCC(=O)NCCc1ccc(C(=O)O)cc1OC. The van der Waals surface area contributed by atoms with Gasteiger partial charge in [-0.15, -0.1) is 0 Å². The molecule has 6 heteroatoms. The zero-order valence-corrected chi connectivity index (χ0v) is 12.3. The number of ether oxygens (including phenoxy) is 2. The third kappa shape index (κ3) is 5.83. The molecule has 0 bridgehead atoms. The molecule has 0 saturated heterocycles. The van der Waals surface area contributed by atoms with Gasteiger partial charge in [0.25, 0.3) is 0 Å². The van der Waals surface area contributed by atoms with Crippen molar-refractivity contribution in [3.63, 3.8) is 0 Å². The van der Waals surface area contributed by atoms with Gasteiger partial charge in [0.2, 0.25) is 5.91 Å². The van der Waals surface area contributed by atoms with Crippen molar-refractivity contribution in [1.82, 2.24) is 5.32 Å². The van der Waals surface area contributed by atoms with Crippen LogP contribution < -0.4 is 10.1 Å². The van der Waals surface area contributed by atoms with Crippen molar-refractivity contribution in [2.75, 3.05) is 26.9 Å². The number of hydrogen-bond donors (Lipinski definition) is 2. The minimum absolute atomic E-state index is 0.0652. The maximum atomic E-state index is 11.5. The Labute approximate surface area is 124 Å². The molecule has 2 N–H and O–H groups in total. The van der Waals surface area contributed by atoms with Crippen molar-refractivity contribution < 1.29 is 24.2 Å². The highest BCUT2D eigenvalue weighted by molar-refractivity contribution is 5.88.